The minimum absolute atomic E-state index is 0.0795. The second-order valence-corrected chi connectivity index (χ2v) is 5.84. The molecule has 0 aliphatic heterocycles. The van der Waals surface area contributed by atoms with E-state index < -0.39 is 0 Å². The van der Waals surface area contributed by atoms with Gasteiger partial charge in [-0.3, -0.25) is 0 Å². The van der Waals surface area contributed by atoms with Crippen LogP contribution in [0.4, 0.5) is 9.18 Å². The summed E-state index contributed by atoms with van der Waals surface area (Å²) in [5.74, 6) is 0.341. The molecule has 1 aliphatic carbocycles. The van der Waals surface area contributed by atoms with Crippen LogP contribution in [0.25, 0.3) is 11.0 Å². The first-order valence-electron chi connectivity index (χ1n) is 7.60. The van der Waals surface area contributed by atoms with Crippen molar-refractivity contribution in [3.05, 3.63) is 48.0 Å². The van der Waals surface area contributed by atoms with Gasteiger partial charge in [0.15, 0.2) is 0 Å². The number of fused-ring (bicyclic) bond motifs is 1. The topological polar surface area (TPSA) is 74.5 Å². The van der Waals surface area contributed by atoms with E-state index in [0.717, 1.165) is 0 Å². The Hall–Kier alpha value is -2.34. The van der Waals surface area contributed by atoms with E-state index in [1.165, 1.54) is 12.1 Å². The van der Waals surface area contributed by atoms with E-state index in [9.17, 15) is 9.18 Å². The van der Waals surface area contributed by atoms with Gasteiger partial charge in [0.25, 0.3) is 0 Å². The Balaban J connectivity index is 1.60. The molecule has 1 aromatic heterocycles. The Morgan fingerprint density at radius 1 is 1.43 bits per heavy atom. The molecule has 1 aliphatic rings. The van der Waals surface area contributed by atoms with Crippen molar-refractivity contribution in [2.24, 2.45) is 5.92 Å². The van der Waals surface area contributed by atoms with Crippen molar-refractivity contribution in [1.29, 1.82) is 0 Å². The molecule has 3 atom stereocenters. The Labute approximate surface area is 133 Å². The van der Waals surface area contributed by atoms with E-state index in [-0.39, 0.29) is 36.5 Å². The van der Waals surface area contributed by atoms with E-state index in [4.69, 9.17) is 9.52 Å². The lowest BCUT2D eigenvalue weighted by Crippen LogP contribution is -2.41. The predicted molar refractivity (Wildman–Crippen MR) is 84.4 cm³/mol. The third-order valence-electron chi connectivity index (χ3n) is 4.00. The zero-order valence-electron chi connectivity index (χ0n) is 12.8. The SMILES string of the molecule is C[C@@H](NC(=O)N[C@@H]1C=C[C@H](CO)C1)c1cc2cc(F)ccc2o1. The lowest BCUT2D eigenvalue weighted by Gasteiger charge is -2.16. The van der Waals surface area contributed by atoms with E-state index in [0.29, 0.717) is 23.2 Å². The Morgan fingerprint density at radius 3 is 3.00 bits per heavy atom. The van der Waals surface area contributed by atoms with Crippen molar-refractivity contribution >= 4 is 17.0 Å². The quantitative estimate of drug-likeness (QED) is 0.759. The molecule has 0 radical (unpaired) electrons. The summed E-state index contributed by atoms with van der Waals surface area (Å²) in [6.45, 7) is 1.89. The molecule has 6 heteroatoms. The van der Waals surface area contributed by atoms with Crippen LogP contribution in [0.1, 0.15) is 25.1 Å². The van der Waals surface area contributed by atoms with Gasteiger partial charge in [0.05, 0.1) is 6.04 Å². The van der Waals surface area contributed by atoms with E-state index in [1.807, 2.05) is 12.2 Å². The molecule has 5 nitrogen and oxygen atoms in total. The summed E-state index contributed by atoms with van der Waals surface area (Å²) in [6.07, 6.45) is 4.49. The minimum Gasteiger partial charge on any atom is -0.459 e. The normalized spacial score (nSPS) is 21.5. The highest BCUT2D eigenvalue weighted by Gasteiger charge is 2.21. The fraction of sp³-hybridized carbons (Fsp3) is 0.353. The average molecular weight is 318 g/mol. The first-order valence-corrected chi connectivity index (χ1v) is 7.60. The standard InChI is InChI=1S/C17H19FN2O3/c1-10(16-8-12-7-13(18)3-5-15(12)23-16)19-17(22)20-14-4-2-11(6-14)9-21/h2-5,7-8,10-11,14,21H,6,9H2,1H3,(H2,19,20,22)/t10-,11+,14-/m1/s1. The van der Waals surface area contributed by atoms with Crippen molar-refractivity contribution in [2.45, 2.75) is 25.4 Å². The third kappa shape index (κ3) is 3.53. The summed E-state index contributed by atoms with van der Waals surface area (Å²) in [6, 6.07) is 5.30. The number of aliphatic hydroxyl groups is 1. The molecule has 2 aromatic rings. The van der Waals surface area contributed by atoms with Crippen LogP contribution in [-0.2, 0) is 0 Å². The first-order chi connectivity index (χ1) is 11.0. The Bertz CT molecular complexity index is 741. The summed E-state index contributed by atoms with van der Waals surface area (Å²) in [5, 5.41) is 15.4. The molecule has 3 rings (SSSR count). The van der Waals surface area contributed by atoms with Crippen LogP contribution in [0.2, 0.25) is 0 Å². The monoisotopic (exact) mass is 318 g/mol. The number of nitrogens with one attached hydrogen (secondary N) is 2. The molecule has 0 bridgehead atoms. The highest BCUT2D eigenvalue weighted by atomic mass is 19.1. The Morgan fingerprint density at radius 2 is 2.26 bits per heavy atom. The summed E-state index contributed by atoms with van der Waals surface area (Å²) < 4.78 is 18.8. The number of hydrogen-bond donors (Lipinski definition) is 3. The fourth-order valence-electron chi connectivity index (χ4n) is 2.74. The first kappa shape index (κ1) is 15.6. The lowest BCUT2D eigenvalue weighted by atomic mass is 10.1. The van der Waals surface area contributed by atoms with Gasteiger partial charge in [-0.2, -0.15) is 0 Å². The van der Waals surface area contributed by atoms with Crippen LogP contribution >= 0.6 is 0 Å². The summed E-state index contributed by atoms with van der Waals surface area (Å²) in [4.78, 5) is 12.0. The van der Waals surface area contributed by atoms with Gasteiger partial charge < -0.3 is 20.2 Å². The summed E-state index contributed by atoms with van der Waals surface area (Å²) in [7, 11) is 0. The van der Waals surface area contributed by atoms with Crippen molar-refractivity contribution < 1.29 is 18.7 Å². The van der Waals surface area contributed by atoms with E-state index in [1.54, 1.807) is 19.1 Å². The highest BCUT2D eigenvalue weighted by Crippen LogP contribution is 2.24. The molecule has 0 spiro atoms. The maximum absolute atomic E-state index is 13.2. The number of hydrogen-bond acceptors (Lipinski definition) is 3. The van der Waals surface area contributed by atoms with Gasteiger partial charge in [-0.15, -0.1) is 0 Å². The number of aliphatic hydroxyl groups excluding tert-OH is 1. The molecule has 23 heavy (non-hydrogen) atoms. The second-order valence-electron chi connectivity index (χ2n) is 5.84. The number of urea groups is 1. The number of benzene rings is 1. The number of amides is 2. The van der Waals surface area contributed by atoms with Crippen molar-refractivity contribution in [3.8, 4) is 0 Å². The van der Waals surface area contributed by atoms with Gasteiger partial charge in [0, 0.05) is 24.0 Å². The van der Waals surface area contributed by atoms with Gasteiger partial charge in [-0.25, -0.2) is 9.18 Å². The number of furan rings is 1. The molecule has 1 heterocycles. The predicted octanol–water partition coefficient (Wildman–Crippen LogP) is 2.87. The van der Waals surface area contributed by atoms with E-state index >= 15 is 0 Å². The molecule has 3 N–H and O–H groups in total. The zero-order valence-corrected chi connectivity index (χ0v) is 12.8. The molecule has 1 aromatic carbocycles. The highest BCUT2D eigenvalue weighted by molar-refractivity contribution is 5.79. The van der Waals surface area contributed by atoms with Gasteiger partial charge >= 0.3 is 6.03 Å². The molecule has 0 unspecified atom stereocenters. The summed E-state index contributed by atoms with van der Waals surface area (Å²) >= 11 is 0. The van der Waals surface area contributed by atoms with Gasteiger partial charge in [0.1, 0.15) is 17.2 Å². The van der Waals surface area contributed by atoms with Crippen molar-refractivity contribution in [1.82, 2.24) is 10.6 Å². The van der Waals surface area contributed by atoms with Gasteiger partial charge in [-0.1, -0.05) is 12.2 Å². The number of carbonyl (C=O) groups is 1. The molecule has 0 saturated heterocycles. The van der Waals surface area contributed by atoms with Crippen LogP contribution in [0.15, 0.2) is 40.8 Å². The third-order valence-corrected chi connectivity index (χ3v) is 4.00. The zero-order chi connectivity index (χ0) is 16.4. The molecule has 122 valence electrons. The maximum atomic E-state index is 13.2. The molecule has 2 amide bonds. The van der Waals surface area contributed by atoms with Crippen molar-refractivity contribution in [2.75, 3.05) is 6.61 Å². The van der Waals surface area contributed by atoms with Crippen molar-refractivity contribution in [3.63, 3.8) is 0 Å². The Kier molecular flexibility index (Phi) is 4.34. The molecule has 0 saturated carbocycles. The van der Waals surface area contributed by atoms with Crippen LogP contribution < -0.4 is 10.6 Å². The number of halogens is 1. The lowest BCUT2D eigenvalue weighted by molar-refractivity contribution is 0.228. The number of carbonyl (C=O) groups excluding carboxylic acids is 1. The average Bonchev–Trinajstić information content (AvgIpc) is 3.12. The van der Waals surface area contributed by atoms with Crippen LogP contribution in [0, 0.1) is 11.7 Å². The molecular formula is C17H19FN2O3. The van der Waals surface area contributed by atoms with Gasteiger partial charge in [0.2, 0.25) is 0 Å². The minimum atomic E-state index is -0.343. The maximum Gasteiger partial charge on any atom is 0.315 e. The fourth-order valence-corrected chi connectivity index (χ4v) is 2.74. The van der Waals surface area contributed by atoms with Crippen LogP contribution in [0.5, 0.6) is 0 Å². The molecular weight excluding hydrogens is 299 g/mol. The second kappa shape index (κ2) is 6.42. The van der Waals surface area contributed by atoms with Crippen LogP contribution in [0.3, 0.4) is 0 Å². The number of rotatable bonds is 4. The molecule has 0 fully saturated rings. The largest absolute Gasteiger partial charge is 0.459 e. The van der Waals surface area contributed by atoms with Crippen LogP contribution in [-0.4, -0.2) is 23.8 Å². The van der Waals surface area contributed by atoms with Gasteiger partial charge in [-0.05, 0) is 37.6 Å². The van der Waals surface area contributed by atoms with E-state index in [2.05, 4.69) is 10.6 Å². The summed E-state index contributed by atoms with van der Waals surface area (Å²) in [5.41, 5.74) is 0.583. The smallest absolute Gasteiger partial charge is 0.315 e.